The zero-order chi connectivity index (χ0) is 15.4. The van der Waals surface area contributed by atoms with E-state index in [-0.39, 0.29) is 0 Å². The second kappa shape index (κ2) is 7.00. The average molecular weight is 328 g/mol. The van der Waals surface area contributed by atoms with Gasteiger partial charge in [0, 0.05) is 31.9 Å². The zero-order valence-electron chi connectivity index (χ0n) is 12.4. The maximum absolute atomic E-state index is 6.19. The highest BCUT2D eigenvalue weighted by atomic mass is 35.5. The predicted octanol–water partition coefficient (Wildman–Crippen LogP) is 3.73. The fourth-order valence-corrected chi connectivity index (χ4v) is 2.58. The maximum atomic E-state index is 6.19. The molecule has 0 atom stereocenters. The topological polar surface area (TPSA) is 54.8 Å². The van der Waals surface area contributed by atoms with Gasteiger partial charge >= 0.3 is 0 Å². The van der Waals surface area contributed by atoms with E-state index in [1.807, 2.05) is 24.9 Å². The molecule has 0 spiro atoms. The van der Waals surface area contributed by atoms with E-state index in [0.29, 0.717) is 28.2 Å². The van der Waals surface area contributed by atoms with Gasteiger partial charge in [0.05, 0.1) is 15.7 Å². The smallest absolute Gasteiger partial charge is 0.147 e. The van der Waals surface area contributed by atoms with Crippen LogP contribution in [0.1, 0.15) is 25.1 Å². The number of rotatable bonds is 6. The molecule has 2 aromatic rings. The van der Waals surface area contributed by atoms with Crippen LogP contribution in [0.4, 0.5) is 11.6 Å². The number of hydrogen-bond acceptors (Lipinski definition) is 4. The van der Waals surface area contributed by atoms with E-state index in [2.05, 4.69) is 27.6 Å². The van der Waals surface area contributed by atoms with Gasteiger partial charge in [0.25, 0.3) is 0 Å². The molecule has 0 fully saturated rings. The van der Waals surface area contributed by atoms with Crippen LogP contribution < -0.4 is 10.6 Å². The second-order valence-corrected chi connectivity index (χ2v) is 5.48. The Kier molecular flexibility index (Phi) is 5.31. The summed E-state index contributed by atoms with van der Waals surface area (Å²) >= 11 is 12.3. The lowest BCUT2D eigenvalue weighted by Crippen LogP contribution is -2.06. The van der Waals surface area contributed by atoms with Crippen molar-refractivity contribution in [2.75, 3.05) is 17.2 Å². The predicted molar refractivity (Wildman–Crippen MR) is 88.3 cm³/mol. The van der Waals surface area contributed by atoms with E-state index in [1.165, 1.54) is 0 Å². The fourth-order valence-electron chi connectivity index (χ4n) is 2.09. The second-order valence-electron chi connectivity index (χ2n) is 4.66. The average Bonchev–Trinajstić information content (AvgIpc) is 2.81. The van der Waals surface area contributed by atoms with E-state index >= 15 is 0 Å². The first-order valence-corrected chi connectivity index (χ1v) is 7.65. The molecule has 0 bridgehead atoms. The molecule has 5 nitrogen and oxygen atoms in total. The van der Waals surface area contributed by atoms with E-state index in [4.69, 9.17) is 23.2 Å². The highest BCUT2D eigenvalue weighted by Gasteiger charge is 2.11. The third-order valence-corrected chi connectivity index (χ3v) is 3.62. The molecule has 2 heterocycles. The Labute approximate surface area is 134 Å². The summed E-state index contributed by atoms with van der Waals surface area (Å²) < 4.78 is 1.82. The van der Waals surface area contributed by atoms with Gasteiger partial charge in [0.1, 0.15) is 11.6 Å². The van der Waals surface area contributed by atoms with Crippen molar-refractivity contribution < 1.29 is 0 Å². The quantitative estimate of drug-likeness (QED) is 0.848. The van der Waals surface area contributed by atoms with Crippen LogP contribution in [0.15, 0.2) is 12.3 Å². The van der Waals surface area contributed by atoms with E-state index < -0.39 is 0 Å². The number of aryl methyl sites for hydroxylation is 2. The molecule has 7 heteroatoms. The van der Waals surface area contributed by atoms with Crippen LogP contribution in [0.5, 0.6) is 0 Å². The molecule has 0 saturated heterocycles. The standard InChI is InChI=1S/C14H19Cl2N5/c1-4-12-9(8-21(3)20-12)7-18-14-11(16)6-10(15)13(19-14)17-5-2/h6,8H,4-5,7H2,1-3H3,(H2,17,18,19). The molecule has 0 aliphatic carbocycles. The molecule has 0 aliphatic rings. The molecule has 2 aromatic heterocycles. The van der Waals surface area contributed by atoms with Crippen molar-refractivity contribution in [1.82, 2.24) is 14.8 Å². The van der Waals surface area contributed by atoms with Gasteiger partial charge in [0.2, 0.25) is 0 Å². The fraction of sp³-hybridized carbons (Fsp3) is 0.429. The summed E-state index contributed by atoms with van der Waals surface area (Å²) in [6, 6.07) is 1.69. The first-order valence-electron chi connectivity index (χ1n) is 6.90. The van der Waals surface area contributed by atoms with Crippen molar-refractivity contribution >= 4 is 34.8 Å². The van der Waals surface area contributed by atoms with Crippen LogP contribution in [0.2, 0.25) is 10.0 Å². The Morgan fingerprint density at radius 3 is 2.43 bits per heavy atom. The molecule has 2 N–H and O–H groups in total. The summed E-state index contributed by atoms with van der Waals surface area (Å²) in [6.45, 7) is 5.44. The Bertz CT molecular complexity index is 624. The van der Waals surface area contributed by atoms with Gasteiger partial charge in [-0.3, -0.25) is 4.68 Å². The number of anilines is 2. The van der Waals surface area contributed by atoms with Gasteiger partial charge in [-0.25, -0.2) is 4.98 Å². The maximum Gasteiger partial charge on any atom is 0.147 e. The monoisotopic (exact) mass is 327 g/mol. The Balaban J connectivity index is 2.17. The Hall–Kier alpha value is -1.46. The summed E-state index contributed by atoms with van der Waals surface area (Å²) in [5, 5.41) is 11.8. The number of halogens is 2. The Morgan fingerprint density at radius 2 is 1.81 bits per heavy atom. The number of pyridine rings is 1. The lowest BCUT2D eigenvalue weighted by molar-refractivity contribution is 0.746. The van der Waals surface area contributed by atoms with Gasteiger partial charge in [-0.05, 0) is 19.4 Å². The molecule has 0 amide bonds. The first kappa shape index (κ1) is 15.9. The normalized spacial score (nSPS) is 10.7. The van der Waals surface area contributed by atoms with Crippen LogP contribution in [0.3, 0.4) is 0 Å². The van der Waals surface area contributed by atoms with Crippen LogP contribution in [-0.2, 0) is 20.0 Å². The SMILES string of the molecule is CCNc1nc(NCc2cn(C)nc2CC)c(Cl)cc1Cl. The van der Waals surface area contributed by atoms with Crippen LogP contribution in [0, 0.1) is 0 Å². The lowest BCUT2D eigenvalue weighted by atomic mass is 10.2. The van der Waals surface area contributed by atoms with Crippen molar-refractivity contribution in [3.8, 4) is 0 Å². The van der Waals surface area contributed by atoms with Gasteiger partial charge in [0.15, 0.2) is 0 Å². The van der Waals surface area contributed by atoms with E-state index in [9.17, 15) is 0 Å². The van der Waals surface area contributed by atoms with Crippen molar-refractivity contribution in [2.24, 2.45) is 7.05 Å². The van der Waals surface area contributed by atoms with Gasteiger partial charge < -0.3 is 10.6 Å². The molecular weight excluding hydrogens is 309 g/mol. The van der Waals surface area contributed by atoms with Crippen LogP contribution >= 0.6 is 23.2 Å². The summed E-state index contributed by atoms with van der Waals surface area (Å²) in [4.78, 5) is 4.43. The molecule has 0 radical (unpaired) electrons. The largest absolute Gasteiger partial charge is 0.369 e. The number of nitrogens with zero attached hydrogens (tertiary/aromatic N) is 3. The highest BCUT2D eigenvalue weighted by molar-refractivity contribution is 6.37. The van der Waals surface area contributed by atoms with Crippen LogP contribution in [-0.4, -0.2) is 21.3 Å². The van der Waals surface area contributed by atoms with Gasteiger partial charge in [-0.1, -0.05) is 30.1 Å². The summed E-state index contributed by atoms with van der Waals surface area (Å²) in [7, 11) is 1.92. The molecule has 2 rings (SSSR count). The number of aromatic nitrogens is 3. The molecule has 0 saturated carbocycles. The van der Waals surface area contributed by atoms with Crippen molar-refractivity contribution in [2.45, 2.75) is 26.8 Å². The third-order valence-electron chi connectivity index (χ3n) is 3.05. The van der Waals surface area contributed by atoms with Gasteiger partial charge in [-0.2, -0.15) is 5.10 Å². The third kappa shape index (κ3) is 3.80. The Morgan fingerprint density at radius 1 is 1.14 bits per heavy atom. The van der Waals surface area contributed by atoms with Crippen molar-refractivity contribution in [3.63, 3.8) is 0 Å². The molecule has 21 heavy (non-hydrogen) atoms. The minimum atomic E-state index is 0.503. The highest BCUT2D eigenvalue weighted by Crippen LogP contribution is 2.29. The molecule has 114 valence electrons. The number of nitrogens with one attached hydrogen (secondary N) is 2. The van der Waals surface area contributed by atoms with Crippen molar-refractivity contribution in [1.29, 1.82) is 0 Å². The lowest BCUT2D eigenvalue weighted by Gasteiger charge is -2.11. The summed E-state index contributed by atoms with van der Waals surface area (Å²) in [6.07, 6.45) is 2.89. The minimum Gasteiger partial charge on any atom is -0.369 e. The number of hydrogen-bond donors (Lipinski definition) is 2. The summed E-state index contributed by atoms with van der Waals surface area (Å²) in [5.74, 6) is 1.25. The molecule has 0 aromatic carbocycles. The summed E-state index contributed by atoms with van der Waals surface area (Å²) in [5.41, 5.74) is 2.21. The zero-order valence-corrected chi connectivity index (χ0v) is 13.9. The molecule has 0 aliphatic heterocycles. The van der Waals surface area contributed by atoms with Crippen molar-refractivity contribution in [3.05, 3.63) is 33.6 Å². The molecular formula is C14H19Cl2N5. The molecule has 0 unspecified atom stereocenters. The van der Waals surface area contributed by atoms with E-state index in [0.717, 1.165) is 24.2 Å². The van der Waals surface area contributed by atoms with Crippen LogP contribution in [0.25, 0.3) is 0 Å². The van der Waals surface area contributed by atoms with Gasteiger partial charge in [-0.15, -0.1) is 0 Å². The first-order chi connectivity index (χ1) is 10.0. The van der Waals surface area contributed by atoms with E-state index in [1.54, 1.807) is 6.07 Å². The minimum absolute atomic E-state index is 0.503.